The molecular weight excluding hydrogens is 194 g/mol. The van der Waals surface area contributed by atoms with Crippen LogP contribution < -0.4 is 0 Å². The van der Waals surface area contributed by atoms with Gasteiger partial charge in [-0.15, -0.1) is 0 Å². The third kappa shape index (κ3) is 1.95. The number of nitrogens with zero attached hydrogens (tertiary/aromatic N) is 1. The minimum atomic E-state index is -1.50. The molecule has 4 N–H and O–H groups in total. The number of ether oxygens (including phenoxy) is 1. The Morgan fingerprint density at radius 1 is 1.21 bits per heavy atom. The molecule has 80 valence electrons. The Kier molecular flexibility index (Phi) is 3.62. The van der Waals surface area contributed by atoms with Gasteiger partial charge in [0.2, 0.25) is 6.10 Å². The maximum absolute atomic E-state index is 9.84. The Bertz CT molecular complexity index is 246. The van der Waals surface area contributed by atoms with Crippen molar-refractivity contribution in [3.05, 3.63) is 10.2 Å². The van der Waals surface area contributed by atoms with E-state index in [0.29, 0.717) is 0 Å². The van der Waals surface area contributed by atoms with E-state index in [0.717, 1.165) is 0 Å². The molecule has 5 atom stereocenters. The van der Waals surface area contributed by atoms with Crippen LogP contribution in [0.4, 0.5) is 0 Å². The molecule has 7 heteroatoms. The normalized spacial score (nSPS) is 42.7. The summed E-state index contributed by atoms with van der Waals surface area (Å²) in [5, 5.41) is 48.7. The molecule has 0 aromatic rings. The lowest BCUT2D eigenvalue weighted by Crippen LogP contribution is -2.58. The smallest absolute Gasteiger partial charge is 0.333 e. The summed E-state index contributed by atoms with van der Waals surface area (Å²) in [5.74, 6) is 0. The molecule has 0 amide bonds. The van der Waals surface area contributed by atoms with E-state index in [4.69, 9.17) is 9.84 Å². The largest absolute Gasteiger partial charge is 0.498 e. The predicted molar refractivity (Wildman–Crippen MR) is 44.4 cm³/mol. The van der Waals surface area contributed by atoms with Crippen molar-refractivity contribution < 1.29 is 25.2 Å². The van der Waals surface area contributed by atoms with Crippen LogP contribution in [0.3, 0.4) is 0 Å². The molecule has 0 radical (unpaired) electrons. The first-order chi connectivity index (χ1) is 6.61. The van der Waals surface area contributed by atoms with E-state index in [2.05, 4.69) is 5.01 Å². The minimum absolute atomic E-state index is 0.540. The van der Waals surface area contributed by atoms with Crippen LogP contribution in [-0.2, 0) is 4.74 Å². The molecule has 0 saturated carbocycles. The third-order valence-electron chi connectivity index (χ3n) is 2.07. The van der Waals surface area contributed by atoms with Crippen molar-refractivity contribution in [1.82, 2.24) is 0 Å². The second-order valence-electron chi connectivity index (χ2n) is 2.97. The lowest BCUT2D eigenvalue weighted by molar-refractivity contribution is -0.214. The monoisotopic (exact) mass is 205 g/mol. The van der Waals surface area contributed by atoms with Crippen molar-refractivity contribution in [2.24, 2.45) is 0 Å². The zero-order chi connectivity index (χ0) is 10.7. The topological polar surface area (TPSA) is 118 Å². The Balaban J connectivity index is 2.76. The average molecular weight is 205 g/mol. The Morgan fingerprint density at radius 2 is 1.86 bits per heavy atom. The van der Waals surface area contributed by atoms with Gasteiger partial charge >= 0.3 is 6.07 Å². The van der Waals surface area contributed by atoms with E-state index in [1.54, 1.807) is 0 Å². The first-order valence-corrected chi connectivity index (χ1v) is 4.00. The Hall–Kier alpha value is -0.910. The maximum Gasteiger partial charge on any atom is 0.333 e. The zero-order valence-corrected chi connectivity index (χ0v) is 7.15. The van der Waals surface area contributed by atoms with Crippen LogP contribution >= 0.6 is 0 Å². The van der Waals surface area contributed by atoms with E-state index >= 15 is 0 Å². The Morgan fingerprint density at radius 3 is 2.36 bits per heavy atom. The summed E-state index contributed by atoms with van der Waals surface area (Å²) in [4.78, 5) is 0. The summed E-state index contributed by atoms with van der Waals surface area (Å²) in [6, 6.07) is 1.86. The van der Waals surface area contributed by atoms with Crippen LogP contribution in [0.25, 0.3) is 5.01 Å². The lowest BCUT2D eigenvalue weighted by atomic mass is 9.96. The van der Waals surface area contributed by atoms with Crippen LogP contribution in [0.15, 0.2) is 0 Å². The van der Waals surface area contributed by atoms with Crippen molar-refractivity contribution >= 4 is 0 Å². The first-order valence-electron chi connectivity index (χ1n) is 4.00. The summed E-state index contributed by atoms with van der Waals surface area (Å²) in [6.07, 6.45) is -6.68. The van der Waals surface area contributed by atoms with Crippen molar-refractivity contribution in [2.45, 2.75) is 30.5 Å². The van der Waals surface area contributed by atoms with Gasteiger partial charge in [-0.3, -0.25) is 0 Å². The van der Waals surface area contributed by atoms with Gasteiger partial charge in [0.15, 0.2) is 0 Å². The lowest BCUT2D eigenvalue weighted by Gasteiger charge is -2.35. The molecule has 1 aliphatic heterocycles. The highest BCUT2D eigenvalue weighted by molar-refractivity contribution is 5.06. The number of rotatable bonds is 1. The van der Waals surface area contributed by atoms with Gasteiger partial charge in [-0.2, -0.15) is 0 Å². The fourth-order valence-electron chi connectivity index (χ4n) is 1.26. The molecule has 14 heavy (non-hydrogen) atoms. The fraction of sp³-hybridized carbons (Fsp3) is 0.857. The van der Waals surface area contributed by atoms with Crippen LogP contribution in [-0.4, -0.2) is 57.6 Å². The van der Waals surface area contributed by atoms with Gasteiger partial charge in [-0.1, -0.05) is 0 Å². The molecule has 0 unspecified atom stereocenters. The van der Waals surface area contributed by atoms with E-state index in [1.165, 1.54) is 0 Å². The van der Waals surface area contributed by atoms with E-state index in [9.17, 15) is 20.5 Å². The fourth-order valence-corrected chi connectivity index (χ4v) is 1.26. The first kappa shape index (κ1) is 11.2. The summed E-state index contributed by atoms with van der Waals surface area (Å²) < 4.78 is 4.86. The molecule has 1 fully saturated rings. The van der Waals surface area contributed by atoms with E-state index in [1.807, 2.05) is 6.07 Å². The quantitative estimate of drug-likeness (QED) is 0.356. The molecule has 1 saturated heterocycles. The van der Waals surface area contributed by atoms with Crippen molar-refractivity contribution in [3.8, 4) is 6.07 Å². The zero-order valence-electron chi connectivity index (χ0n) is 7.15. The van der Waals surface area contributed by atoms with Gasteiger partial charge in [-0.05, 0) is 0 Å². The average Bonchev–Trinajstić information content (AvgIpc) is 2.19. The Labute approximate surface area is 79.6 Å². The summed E-state index contributed by atoms with van der Waals surface area (Å²) in [5.41, 5.74) is 0. The standard InChI is InChI=1S/C7H11NO6/c9-2-4-6(11)7(12)5(10)3(14-4)1-8-13/h3-7,9-12H,2H2/t3-,4+,5+,6+,7+/m0/s1. The van der Waals surface area contributed by atoms with Gasteiger partial charge in [0.25, 0.3) is 0 Å². The highest BCUT2D eigenvalue weighted by Crippen LogP contribution is 2.20. The highest BCUT2D eigenvalue weighted by Gasteiger charge is 2.45. The maximum atomic E-state index is 9.84. The SMILES string of the molecule is [O-][N+]#C[C@@H]1O[C@H](CO)[C@@H](O)[C@H](O)[C@@H]1O. The van der Waals surface area contributed by atoms with Crippen molar-refractivity contribution in [2.75, 3.05) is 6.61 Å². The van der Waals surface area contributed by atoms with Crippen LogP contribution in [0.1, 0.15) is 0 Å². The molecule has 7 nitrogen and oxygen atoms in total. The molecule has 0 spiro atoms. The van der Waals surface area contributed by atoms with Crippen molar-refractivity contribution in [1.29, 1.82) is 0 Å². The molecule has 0 aromatic carbocycles. The summed E-state index contributed by atoms with van der Waals surface area (Å²) in [6.45, 7) is -0.540. The van der Waals surface area contributed by atoms with Crippen molar-refractivity contribution in [3.63, 3.8) is 0 Å². The van der Waals surface area contributed by atoms with Gasteiger partial charge in [0.1, 0.15) is 24.4 Å². The number of aliphatic hydroxyl groups is 4. The molecule has 0 bridgehead atoms. The highest BCUT2D eigenvalue weighted by atomic mass is 16.5. The van der Waals surface area contributed by atoms with E-state index < -0.39 is 37.1 Å². The van der Waals surface area contributed by atoms with Gasteiger partial charge < -0.3 is 30.4 Å². The minimum Gasteiger partial charge on any atom is -0.498 e. The molecule has 1 heterocycles. The molecule has 0 aromatic heterocycles. The summed E-state index contributed by atoms with van der Waals surface area (Å²) in [7, 11) is 0. The second-order valence-corrected chi connectivity index (χ2v) is 2.97. The predicted octanol–water partition coefficient (Wildman–Crippen LogP) is -2.34. The van der Waals surface area contributed by atoms with Crippen LogP contribution in [0.2, 0.25) is 0 Å². The number of aliphatic hydroxyl groups excluding tert-OH is 4. The third-order valence-corrected chi connectivity index (χ3v) is 2.07. The molecule has 0 aliphatic carbocycles. The van der Waals surface area contributed by atoms with Gasteiger partial charge in [0.05, 0.1) is 6.61 Å². The van der Waals surface area contributed by atoms with E-state index in [-0.39, 0.29) is 0 Å². The van der Waals surface area contributed by atoms with Crippen LogP contribution in [0.5, 0.6) is 0 Å². The van der Waals surface area contributed by atoms with Gasteiger partial charge in [0, 0.05) is 5.01 Å². The molecular formula is C7H11NO6. The second kappa shape index (κ2) is 4.54. The number of hydrogen-bond donors (Lipinski definition) is 4. The van der Waals surface area contributed by atoms with Gasteiger partial charge in [-0.25, -0.2) is 0 Å². The number of hydrogen-bond acceptors (Lipinski definition) is 6. The molecule has 1 rings (SSSR count). The molecule has 1 aliphatic rings. The van der Waals surface area contributed by atoms with Crippen LogP contribution in [0, 0.1) is 11.3 Å². The summed E-state index contributed by atoms with van der Waals surface area (Å²) >= 11 is 0.